The first-order valence-electron chi connectivity index (χ1n) is 11.0. The highest BCUT2D eigenvalue weighted by Gasteiger charge is 2.59. The highest BCUT2D eigenvalue weighted by molar-refractivity contribution is 5.75. The third kappa shape index (κ3) is 2.45. The van der Waals surface area contributed by atoms with Crippen LogP contribution in [0.2, 0.25) is 0 Å². The van der Waals surface area contributed by atoms with Gasteiger partial charge in [-0.1, -0.05) is 37.1 Å². The fourth-order valence-corrected chi connectivity index (χ4v) is 7.65. The number of hydrogen-bond acceptors (Lipinski definition) is 3. The minimum atomic E-state index is -0.385. The second-order valence-electron chi connectivity index (χ2n) is 10.3. The normalized spacial score (nSPS) is 45.2. The zero-order valence-corrected chi connectivity index (χ0v) is 17.4. The zero-order chi connectivity index (χ0) is 19.7. The topological polar surface area (TPSA) is 53.4 Å². The standard InChI is InChI=1S/C25H33NO2/c1-15-11-20-22-19(24(2)8-6-18(27)12-17(24)13-21(22)28)7-9-25(20,3)23(15)16-5-4-10-26-14-16/h4-5,10,13-14,18-22,27-28H,6-9,11-12H2,1-3H3/t18-,19-,20-,21+,22+,24-,25-/m0/s1. The Morgan fingerprint density at radius 1 is 1.04 bits per heavy atom. The monoisotopic (exact) mass is 379 g/mol. The summed E-state index contributed by atoms with van der Waals surface area (Å²) in [6.07, 6.45) is 11.5. The molecule has 1 aromatic heterocycles. The van der Waals surface area contributed by atoms with Crippen LogP contribution in [-0.4, -0.2) is 27.4 Å². The lowest BCUT2D eigenvalue weighted by molar-refractivity contribution is -0.0733. The van der Waals surface area contributed by atoms with Crippen molar-refractivity contribution in [2.24, 2.45) is 28.6 Å². The quantitative estimate of drug-likeness (QED) is 0.692. The molecule has 0 amide bonds. The number of aromatic nitrogens is 1. The maximum Gasteiger partial charge on any atom is 0.0757 e. The van der Waals surface area contributed by atoms with E-state index < -0.39 is 0 Å². The minimum Gasteiger partial charge on any atom is -0.393 e. The van der Waals surface area contributed by atoms with Gasteiger partial charge in [0.15, 0.2) is 0 Å². The zero-order valence-electron chi connectivity index (χ0n) is 17.4. The van der Waals surface area contributed by atoms with Gasteiger partial charge in [-0.15, -0.1) is 0 Å². The molecule has 7 atom stereocenters. The van der Waals surface area contributed by atoms with Crippen LogP contribution in [0.25, 0.3) is 5.57 Å². The largest absolute Gasteiger partial charge is 0.393 e. The lowest BCUT2D eigenvalue weighted by Crippen LogP contribution is -2.54. The molecule has 0 radical (unpaired) electrons. The van der Waals surface area contributed by atoms with E-state index in [9.17, 15) is 10.2 Å². The lowest BCUT2D eigenvalue weighted by atomic mass is 9.46. The molecule has 0 aliphatic heterocycles. The Labute approximate surface area is 168 Å². The van der Waals surface area contributed by atoms with Crippen molar-refractivity contribution < 1.29 is 10.2 Å². The molecular formula is C25H33NO2. The SMILES string of the molecule is CC1=C(c2cccnc2)[C@@]2(C)CC[C@H]3[C@@H]([C@H](O)C=C4C[C@@H](O)CC[C@@]43C)[C@@H]2C1. The Morgan fingerprint density at radius 2 is 1.82 bits per heavy atom. The van der Waals surface area contributed by atoms with Gasteiger partial charge in [0.05, 0.1) is 12.2 Å². The molecule has 0 saturated heterocycles. The fraction of sp³-hybridized carbons (Fsp3) is 0.640. The van der Waals surface area contributed by atoms with Gasteiger partial charge in [0.25, 0.3) is 0 Å². The predicted octanol–water partition coefficient (Wildman–Crippen LogP) is 4.76. The van der Waals surface area contributed by atoms with Gasteiger partial charge in [-0.2, -0.15) is 0 Å². The second kappa shape index (κ2) is 6.27. The molecule has 0 unspecified atom stereocenters. The number of pyridine rings is 1. The number of hydrogen-bond donors (Lipinski definition) is 2. The Balaban J connectivity index is 1.55. The average Bonchev–Trinajstić information content (AvgIpc) is 2.94. The van der Waals surface area contributed by atoms with Crippen LogP contribution in [-0.2, 0) is 0 Å². The van der Waals surface area contributed by atoms with Gasteiger partial charge in [0.2, 0.25) is 0 Å². The van der Waals surface area contributed by atoms with E-state index in [1.807, 2.05) is 18.5 Å². The molecule has 0 aromatic carbocycles. The second-order valence-corrected chi connectivity index (χ2v) is 10.3. The third-order valence-corrected chi connectivity index (χ3v) is 8.97. The Kier molecular flexibility index (Phi) is 4.16. The summed E-state index contributed by atoms with van der Waals surface area (Å²) in [5, 5.41) is 21.5. The van der Waals surface area contributed by atoms with E-state index >= 15 is 0 Å². The van der Waals surface area contributed by atoms with Crippen LogP contribution in [0.4, 0.5) is 0 Å². The van der Waals surface area contributed by atoms with Crippen molar-refractivity contribution in [3.05, 3.63) is 47.3 Å². The van der Waals surface area contributed by atoms with E-state index in [4.69, 9.17) is 0 Å². The summed E-state index contributed by atoms with van der Waals surface area (Å²) in [4.78, 5) is 4.38. The van der Waals surface area contributed by atoms with Gasteiger partial charge in [-0.05, 0) is 91.2 Å². The number of fused-ring (bicyclic) bond motifs is 5. The number of allylic oxidation sites excluding steroid dienone is 2. The molecular weight excluding hydrogens is 346 g/mol. The van der Waals surface area contributed by atoms with E-state index in [2.05, 4.69) is 37.9 Å². The molecule has 0 spiro atoms. The molecule has 2 N–H and O–H groups in total. The number of aliphatic hydroxyl groups excluding tert-OH is 2. The van der Waals surface area contributed by atoms with E-state index in [0.29, 0.717) is 17.8 Å². The van der Waals surface area contributed by atoms with Crippen molar-refractivity contribution in [3.63, 3.8) is 0 Å². The van der Waals surface area contributed by atoms with Gasteiger partial charge >= 0.3 is 0 Å². The molecule has 2 saturated carbocycles. The van der Waals surface area contributed by atoms with Crippen molar-refractivity contribution in [1.29, 1.82) is 0 Å². The van der Waals surface area contributed by atoms with Crippen LogP contribution in [0.5, 0.6) is 0 Å². The van der Waals surface area contributed by atoms with Crippen LogP contribution < -0.4 is 0 Å². The van der Waals surface area contributed by atoms with Gasteiger partial charge in [0, 0.05) is 12.4 Å². The van der Waals surface area contributed by atoms with Crippen LogP contribution in [0.15, 0.2) is 41.7 Å². The molecule has 2 fully saturated rings. The summed E-state index contributed by atoms with van der Waals surface area (Å²) in [6.45, 7) is 7.13. The Bertz CT molecular complexity index is 843. The first kappa shape index (κ1) is 18.6. The summed E-state index contributed by atoms with van der Waals surface area (Å²) >= 11 is 0. The predicted molar refractivity (Wildman–Crippen MR) is 111 cm³/mol. The van der Waals surface area contributed by atoms with E-state index in [0.717, 1.165) is 32.1 Å². The summed E-state index contributed by atoms with van der Waals surface area (Å²) < 4.78 is 0. The van der Waals surface area contributed by atoms with Gasteiger partial charge in [-0.25, -0.2) is 0 Å². The Hall–Kier alpha value is -1.45. The first-order chi connectivity index (χ1) is 13.3. The molecule has 5 rings (SSSR count). The number of nitrogens with zero attached hydrogens (tertiary/aromatic N) is 1. The summed E-state index contributed by atoms with van der Waals surface area (Å²) in [5.41, 5.74) is 5.80. The molecule has 28 heavy (non-hydrogen) atoms. The minimum absolute atomic E-state index is 0.116. The van der Waals surface area contributed by atoms with E-state index in [-0.39, 0.29) is 23.0 Å². The fourth-order valence-electron chi connectivity index (χ4n) is 7.65. The lowest BCUT2D eigenvalue weighted by Gasteiger charge is -2.58. The van der Waals surface area contributed by atoms with E-state index in [1.54, 1.807) is 0 Å². The molecule has 150 valence electrons. The van der Waals surface area contributed by atoms with E-state index in [1.165, 1.54) is 28.7 Å². The smallest absolute Gasteiger partial charge is 0.0757 e. The maximum atomic E-state index is 11.3. The molecule has 1 heterocycles. The molecule has 0 bridgehead atoms. The van der Waals surface area contributed by atoms with Crippen molar-refractivity contribution in [3.8, 4) is 0 Å². The molecule has 4 aliphatic carbocycles. The summed E-state index contributed by atoms with van der Waals surface area (Å²) in [7, 11) is 0. The third-order valence-electron chi connectivity index (χ3n) is 8.97. The van der Waals surface area contributed by atoms with Crippen LogP contribution in [0.3, 0.4) is 0 Å². The molecule has 3 heteroatoms. The van der Waals surface area contributed by atoms with Crippen molar-refractivity contribution in [2.45, 2.75) is 71.5 Å². The Morgan fingerprint density at radius 3 is 2.57 bits per heavy atom. The highest BCUT2D eigenvalue weighted by atomic mass is 16.3. The summed E-state index contributed by atoms with van der Waals surface area (Å²) in [6, 6.07) is 4.24. The maximum absolute atomic E-state index is 11.3. The number of aliphatic hydroxyl groups is 2. The van der Waals surface area contributed by atoms with Gasteiger partial charge in [0.1, 0.15) is 0 Å². The first-order valence-corrected chi connectivity index (χ1v) is 11.0. The van der Waals surface area contributed by atoms with Gasteiger partial charge < -0.3 is 10.2 Å². The average molecular weight is 380 g/mol. The van der Waals surface area contributed by atoms with Crippen LogP contribution in [0, 0.1) is 28.6 Å². The summed E-state index contributed by atoms with van der Waals surface area (Å²) in [5.74, 6) is 1.32. The van der Waals surface area contributed by atoms with Crippen molar-refractivity contribution >= 4 is 5.57 Å². The number of rotatable bonds is 1. The van der Waals surface area contributed by atoms with Gasteiger partial charge in [-0.3, -0.25) is 4.98 Å². The van der Waals surface area contributed by atoms with Crippen molar-refractivity contribution in [1.82, 2.24) is 4.98 Å². The molecule has 3 nitrogen and oxygen atoms in total. The van der Waals surface area contributed by atoms with Crippen LogP contribution in [0.1, 0.15) is 64.9 Å². The van der Waals surface area contributed by atoms with Crippen LogP contribution >= 0.6 is 0 Å². The highest BCUT2D eigenvalue weighted by Crippen LogP contribution is 2.67. The molecule has 1 aromatic rings. The van der Waals surface area contributed by atoms with Crippen molar-refractivity contribution in [2.75, 3.05) is 0 Å². The molecule has 4 aliphatic rings.